The molecule has 0 saturated heterocycles. The van der Waals surface area contributed by atoms with E-state index in [1.54, 1.807) is 5.69 Å². The first-order valence-electron chi connectivity index (χ1n) is 8.87. The monoisotopic (exact) mass is 2020 g/mol. The minimum absolute atomic E-state index is 0.478. The van der Waals surface area contributed by atoms with Gasteiger partial charge in [0, 0.05) is 0 Å². The first-order valence-corrected chi connectivity index (χ1v) is 41.7. The van der Waals surface area contributed by atoms with Gasteiger partial charge in [0.1, 0.15) is 0 Å². The van der Waals surface area contributed by atoms with Gasteiger partial charge in [-0.05, 0) is 0 Å². The molecule has 0 spiro atoms. The number of rotatable bonds is 2. The average molecular weight is 2020 g/mol. The van der Waals surface area contributed by atoms with Gasteiger partial charge in [-0.2, -0.15) is 0 Å². The maximum atomic E-state index is 2.49. The van der Waals surface area contributed by atoms with Crippen LogP contribution in [0, 0.1) is 349 Å². The Morgan fingerprint density at radius 3 is 1.08 bits per heavy atom. The second-order valence-corrected chi connectivity index (χ2v) is 40.5. The summed E-state index contributed by atoms with van der Waals surface area (Å²) in [6.07, 6.45) is 0. The predicted octanol–water partition coefficient (Wildman–Crippen LogP) is -5.02. The molecule has 0 aliphatic carbocycles. The molecule has 0 aliphatic heterocycles. The van der Waals surface area contributed by atoms with Gasteiger partial charge in [0.05, 0.1) is 0 Å². The summed E-state index contributed by atoms with van der Waals surface area (Å²) in [5.41, 5.74) is 7.47. The normalized spacial score (nSPS) is 10.5. The van der Waals surface area contributed by atoms with Crippen molar-refractivity contribution in [3.63, 3.8) is 0 Å². The molecule has 0 bridgehead atoms. The minimum atomic E-state index is 0.478. The molecule has 0 N–H and O–H groups in total. The Morgan fingerprint density at radius 2 is 0.792 bits per heavy atom. The zero-order valence-electron chi connectivity index (χ0n) is 17.4. The van der Waals surface area contributed by atoms with Crippen molar-refractivity contribution < 1.29 is 342 Å². The third-order valence-corrected chi connectivity index (χ3v) is 117. The molecule has 2 rings (SSSR count). The van der Waals surface area contributed by atoms with Crippen LogP contribution in [-0.2, 0) is 0 Å². The average Bonchev–Trinajstić information content (AvgIpc) is 2.52. The molecular formula is C15H17NRa8. The van der Waals surface area contributed by atoms with Gasteiger partial charge in [-0.15, -0.1) is 0 Å². The van der Waals surface area contributed by atoms with Crippen LogP contribution in [0.2, 0.25) is 0 Å². The maximum absolute atomic E-state index is 2.49. The van der Waals surface area contributed by atoms with Crippen molar-refractivity contribution in [3.8, 4) is 11.1 Å². The van der Waals surface area contributed by atoms with E-state index in [-0.39, 0.29) is 0 Å². The number of benzene rings is 2. The first kappa shape index (κ1) is 30.2. The summed E-state index contributed by atoms with van der Waals surface area (Å²) in [4.78, 5) is 2.49. The molecule has 0 amide bonds. The molecule has 0 atom stereocenters. The van der Waals surface area contributed by atoms with E-state index in [1.807, 2.05) is 21.5 Å². The van der Waals surface area contributed by atoms with Crippen LogP contribution < -0.4 is 9.73 Å². The van der Waals surface area contributed by atoms with Crippen molar-refractivity contribution in [2.45, 2.75) is 6.92 Å². The van der Waals surface area contributed by atoms with Crippen LogP contribution in [0.5, 0.6) is 0 Å². The second kappa shape index (κ2) is 14.1. The number of hydrogen-bond acceptors (Lipinski definition) is 1. The van der Waals surface area contributed by atoms with E-state index >= 15 is 0 Å². The van der Waals surface area contributed by atoms with Crippen LogP contribution in [0.4, 0.5) is 5.69 Å². The third-order valence-electron chi connectivity index (χ3n) is 6.28. The molecule has 24 heavy (non-hydrogen) atoms. The molecule has 0 fully saturated rings. The van der Waals surface area contributed by atoms with Crippen molar-refractivity contribution in [1.29, 1.82) is 0 Å². The standard InChI is InChI=1S/C15H9N.8Ra.8H/c1-12-4-6-13(7-5-12)14-8-10-15(11-9-14)16(2)3;;;;;;;;;;;;;;;;/h1-3H3;;;;;;;;;;;;;;;;. The third kappa shape index (κ3) is 7.05. The Hall–Kier alpha value is 9.98. The Kier molecular flexibility index (Phi) is 17.7. The van der Waals surface area contributed by atoms with E-state index in [0.29, 0.717) is 342 Å². The zero-order chi connectivity index (χ0) is 18.5. The number of anilines is 1. The van der Waals surface area contributed by atoms with Gasteiger partial charge in [-0.25, -0.2) is 0 Å². The van der Waals surface area contributed by atoms with Gasteiger partial charge in [-0.1, -0.05) is 0 Å². The summed E-state index contributed by atoms with van der Waals surface area (Å²) in [7, 11) is 4.62. The fraction of sp³-hybridized carbons (Fsp3) is 0.200. The second-order valence-electron chi connectivity index (χ2n) is 7.62. The number of hydrogen-bond donors (Lipinski definition) is 0. The van der Waals surface area contributed by atoms with Gasteiger partial charge < -0.3 is 0 Å². The molecule has 0 unspecified atom stereocenters. The van der Waals surface area contributed by atoms with Crippen LogP contribution >= 0.6 is 0 Å². The molecule has 1 nitrogen and oxygen atoms in total. The van der Waals surface area contributed by atoms with E-state index in [4.69, 9.17) is 0 Å². The molecule has 0 saturated carbocycles. The van der Waals surface area contributed by atoms with Gasteiger partial charge in [0.15, 0.2) is 0 Å². The summed E-state index contributed by atoms with van der Waals surface area (Å²) in [6, 6.07) is 0. The molecule has 0 radical (unpaired) electrons. The molecule has 9 heteroatoms. The van der Waals surface area contributed by atoms with E-state index in [1.165, 1.54) is 0 Å². The van der Waals surface area contributed by atoms with Crippen molar-refractivity contribution >= 4 is 10.5 Å². The van der Waals surface area contributed by atoms with Crippen molar-refractivity contribution in [3.05, 3.63) is 5.56 Å². The van der Waals surface area contributed by atoms with E-state index in [9.17, 15) is 0 Å². The Bertz CT molecular complexity index is 786. The van der Waals surface area contributed by atoms with Crippen molar-refractivity contribution in [2.75, 3.05) is 19.0 Å². The fourth-order valence-corrected chi connectivity index (χ4v) is 67.2. The quantitative estimate of drug-likeness (QED) is 0.292. The van der Waals surface area contributed by atoms with Gasteiger partial charge in [-0.3, -0.25) is 0 Å². The van der Waals surface area contributed by atoms with Crippen LogP contribution in [0.25, 0.3) is 11.1 Å². The summed E-state index contributed by atoms with van der Waals surface area (Å²) >= 11 is 3.99. The van der Waals surface area contributed by atoms with E-state index < -0.39 is 0 Å². The Balaban J connectivity index is 3.01. The SMILES string of the molecule is Cc1[c]([RaH])[c]([RaH])c(-c2[c]([RaH])[c]([RaH])c(N(C)C)[c]([RaH])[c]2[RaH])[c]([RaH])[c]1[RaH]. The van der Waals surface area contributed by atoms with Gasteiger partial charge in [0.2, 0.25) is 0 Å². The Labute approximate surface area is 379 Å². The van der Waals surface area contributed by atoms with E-state index in [0.717, 1.165) is 0 Å². The summed E-state index contributed by atoms with van der Waals surface area (Å²) in [5.74, 6) is 0. The molecule has 2 aromatic carbocycles. The number of nitrogens with zero attached hydrogens (tertiary/aromatic N) is 1. The van der Waals surface area contributed by atoms with Crippen LogP contribution in [0.3, 0.4) is 0 Å². The molecular weight excluding hydrogens is 2000 g/mol. The van der Waals surface area contributed by atoms with Gasteiger partial charge in [0.25, 0.3) is 0 Å². The van der Waals surface area contributed by atoms with Gasteiger partial charge >= 0.3 is 395 Å². The molecule has 2 aromatic rings. The Morgan fingerprint density at radius 1 is 0.500 bits per heavy atom. The fourth-order valence-electron chi connectivity index (χ4n) is 4.21. The van der Waals surface area contributed by atoms with Crippen LogP contribution in [0.1, 0.15) is 5.56 Å². The first-order chi connectivity index (χ1) is 11.0. The summed E-state index contributed by atoms with van der Waals surface area (Å²) in [5, 5.41) is 0. The van der Waals surface area contributed by atoms with Crippen LogP contribution in [0.15, 0.2) is 0 Å². The summed E-state index contributed by atoms with van der Waals surface area (Å²) in [6.45, 7) is 2.49. The topological polar surface area (TPSA) is 3.24 Å². The summed E-state index contributed by atoms with van der Waals surface area (Å²) < 4.78 is 15.6. The van der Waals surface area contributed by atoms with E-state index in [2.05, 4.69) is 25.9 Å². The zero-order valence-corrected chi connectivity index (χ0v) is 83.2. The van der Waals surface area contributed by atoms with Crippen molar-refractivity contribution in [2.24, 2.45) is 0 Å². The molecule has 0 heterocycles. The predicted molar refractivity (Wildman–Crippen MR) is 79.2 cm³/mol. The van der Waals surface area contributed by atoms with Crippen molar-refractivity contribution in [1.82, 2.24) is 0 Å². The molecule has 0 aromatic heterocycles. The van der Waals surface area contributed by atoms with Crippen LogP contribution in [-0.4, -0.2) is 14.1 Å². The molecule has 0 aliphatic rings. The molecule has 98 valence electrons.